The molecule has 0 aliphatic carbocycles. The zero-order chi connectivity index (χ0) is 22.1. The second-order valence-corrected chi connectivity index (χ2v) is 7.42. The van der Waals surface area contributed by atoms with Crippen LogP contribution in [0, 0.1) is 0 Å². The fraction of sp³-hybridized carbons (Fsp3) is 0.417. The van der Waals surface area contributed by atoms with E-state index in [1.165, 1.54) is 6.42 Å². The number of benzene rings is 2. The number of anilines is 2. The molecule has 1 fully saturated rings. The van der Waals surface area contributed by atoms with E-state index < -0.39 is 0 Å². The highest BCUT2D eigenvalue weighted by atomic mass is 16.5. The summed E-state index contributed by atoms with van der Waals surface area (Å²) in [5, 5.41) is 5.85. The Bertz CT molecular complexity index is 880. The molecule has 166 valence electrons. The van der Waals surface area contributed by atoms with Gasteiger partial charge in [-0.05, 0) is 51.9 Å². The lowest BCUT2D eigenvalue weighted by molar-refractivity contribution is -0.117. The van der Waals surface area contributed by atoms with Crippen LogP contribution in [0.1, 0.15) is 43.5 Å². The van der Waals surface area contributed by atoms with Gasteiger partial charge < -0.3 is 20.1 Å². The number of likely N-dealkylation sites (tertiary alicyclic amines) is 1. The van der Waals surface area contributed by atoms with Crippen LogP contribution in [0.3, 0.4) is 0 Å². The number of carbonyl (C=O) groups excluding carboxylic acids is 2. The van der Waals surface area contributed by atoms with Crippen LogP contribution in [0.15, 0.2) is 42.5 Å². The van der Waals surface area contributed by atoms with Crippen molar-refractivity contribution in [2.75, 3.05) is 43.5 Å². The second kappa shape index (κ2) is 11.4. The fourth-order valence-corrected chi connectivity index (χ4v) is 3.60. The van der Waals surface area contributed by atoms with E-state index in [1.54, 1.807) is 24.3 Å². The normalized spacial score (nSPS) is 14.0. The molecule has 0 atom stereocenters. The molecule has 1 aliphatic rings. The van der Waals surface area contributed by atoms with Crippen LogP contribution in [0.2, 0.25) is 0 Å². The Morgan fingerprint density at radius 2 is 1.45 bits per heavy atom. The summed E-state index contributed by atoms with van der Waals surface area (Å²) in [7, 11) is 0. The van der Waals surface area contributed by atoms with E-state index in [2.05, 4.69) is 15.5 Å². The molecule has 1 heterocycles. The topological polar surface area (TPSA) is 79.9 Å². The Morgan fingerprint density at radius 1 is 0.871 bits per heavy atom. The molecule has 7 heteroatoms. The number of piperidine rings is 1. The third-order valence-corrected chi connectivity index (χ3v) is 5.06. The molecule has 0 saturated carbocycles. The molecule has 3 rings (SSSR count). The van der Waals surface area contributed by atoms with Crippen molar-refractivity contribution < 1.29 is 19.1 Å². The van der Waals surface area contributed by atoms with Gasteiger partial charge in [0.15, 0.2) is 0 Å². The summed E-state index contributed by atoms with van der Waals surface area (Å²) in [5.41, 5.74) is 1.57. The Labute approximate surface area is 183 Å². The highest BCUT2D eigenvalue weighted by Gasteiger charge is 2.19. The second-order valence-electron chi connectivity index (χ2n) is 7.42. The first-order valence-corrected chi connectivity index (χ1v) is 10.9. The highest BCUT2D eigenvalue weighted by Crippen LogP contribution is 2.37. The molecule has 2 N–H and O–H groups in total. The van der Waals surface area contributed by atoms with Gasteiger partial charge >= 0.3 is 0 Å². The molecule has 7 nitrogen and oxygen atoms in total. The van der Waals surface area contributed by atoms with E-state index in [4.69, 9.17) is 9.47 Å². The van der Waals surface area contributed by atoms with Gasteiger partial charge in [-0.1, -0.05) is 24.6 Å². The number of carbonyl (C=O) groups is 2. The SMILES string of the molecule is CCOc1cc(NC(=O)c2ccccc2)c(OCC)cc1NC(=O)CN1CCCCC1. The van der Waals surface area contributed by atoms with Gasteiger partial charge in [-0.25, -0.2) is 0 Å². The third kappa shape index (κ3) is 6.46. The number of nitrogens with one attached hydrogen (secondary N) is 2. The summed E-state index contributed by atoms with van der Waals surface area (Å²) in [6, 6.07) is 12.4. The van der Waals surface area contributed by atoms with Crippen molar-refractivity contribution in [2.45, 2.75) is 33.1 Å². The monoisotopic (exact) mass is 425 g/mol. The zero-order valence-electron chi connectivity index (χ0n) is 18.3. The molecular weight excluding hydrogens is 394 g/mol. The van der Waals surface area contributed by atoms with E-state index in [9.17, 15) is 9.59 Å². The van der Waals surface area contributed by atoms with Crippen molar-refractivity contribution in [3.05, 3.63) is 48.0 Å². The lowest BCUT2D eigenvalue weighted by Crippen LogP contribution is -2.36. The summed E-state index contributed by atoms with van der Waals surface area (Å²) in [6.45, 7) is 6.83. The van der Waals surface area contributed by atoms with Crippen molar-refractivity contribution in [3.63, 3.8) is 0 Å². The fourth-order valence-electron chi connectivity index (χ4n) is 3.60. The average Bonchev–Trinajstić information content (AvgIpc) is 2.78. The molecule has 2 amide bonds. The van der Waals surface area contributed by atoms with Crippen LogP contribution in [0.5, 0.6) is 11.5 Å². The van der Waals surface area contributed by atoms with Gasteiger partial charge in [-0.3, -0.25) is 14.5 Å². The van der Waals surface area contributed by atoms with Crippen molar-refractivity contribution in [1.29, 1.82) is 0 Å². The summed E-state index contributed by atoms with van der Waals surface area (Å²) in [6.07, 6.45) is 3.48. The van der Waals surface area contributed by atoms with Crippen molar-refractivity contribution >= 4 is 23.2 Å². The number of hydrogen-bond acceptors (Lipinski definition) is 5. The first-order valence-electron chi connectivity index (χ1n) is 10.9. The van der Waals surface area contributed by atoms with Crippen molar-refractivity contribution in [1.82, 2.24) is 4.90 Å². The quantitative estimate of drug-likeness (QED) is 0.631. The molecule has 0 aromatic heterocycles. The molecule has 1 aliphatic heterocycles. The standard InChI is InChI=1S/C24H31N3O4/c1-3-30-21-16-20(26-24(29)18-11-7-5-8-12-18)22(31-4-2)15-19(21)25-23(28)17-27-13-9-6-10-14-27/h5,7-8,11-12,15-16H,3-4,6,9-10,13-14,17H2,1-2H3,(H,25,28)(H,26,29). The zero-order valence-corrected chi connectivity index (χ0v) is 18.3. The summed E-state index contributed by atoms with van der Waals surface area (Å²) in [5.74, 6) is 0.627. The smallest absolute Gasteiger partial charge is 0.255 e. The minimum atomic E-state index is -0.245. The minimum absolute atomic E-state index is 0.0913. The Morgan fingerprint density at radius 3 is 2.03 bits per heavy atom. The molecule has 0 spiro atoms. The Balaban J connectivity index is 1.81. The van der Waals surface area contributed by atoms with Gasteiger partial charge in [0.2, 0.25) is 5.91 Å². The lowest BCUT2D eigenvalue weighted by Gasteiger charge is -2.26. The molecule has 0 bridgehead atoms. The van der Waals surface area contributed by atoms with Crippen molar-refractivity contribution in [3.8, 4) is 11.5 Å². The van der Waals surface area contributed by atoms with E-state index in [0.29, 0.717) is 48.2 Å². The third-order valence-electron chi connectivity index (χ3n) is 5.06. The molecule has 1 saturated heterocycles. The van der Waals surface area contributed by atoms with E-state index in [1.807, 2.05) is 32.0 Å². The predicted octanol–water partition coefficient (Wildman–Crippen LogP) is 4.16. The van der Waals surface area contributed by atoms with Gasteiger partial charge in [0.05, 0.1) is 31.1 Å². The van der Waals surface area contributed by atoms with Crippen LogP contribution in [-0.2, 0) is 4.79 Å². The van der Waals surface area contributed by atoms with Crippen molar-refractivity contribution in [2.24, 2.45) is 0 Å². The predicted molar refractivity (Wildman–Crippen MR) is 122 cm³/mol. The van der Waals surface area contributed by atoms with E-state index >= 15 is 0 Å². The van der Waals surface area contributed by atoms with Crippen LogP contribution in [0.25, 0.3) is 0 Å². The number of nitrogens with zero attached hydrogens (tertiary/aromatic N) is 1. The summed E-state index contributed by atoms with van der Waals surface area (Å²) < 4.78 is 11.5. The number of amides is 2. The van der Waals surface area contributed by atoms with Crippen LogP contribution < -0.4 is 20.1 Å². The van der Waals surface area contributed by atoms with Gasteiger partial charge in [0.1, 0.15) is 11.5 Å². The maximum Gasteiger partial charge on any atom is 0.255 e. The molecule has 2 aromatic rings. The maximum absolute atomic E-state index is 12.6. The lowest BCUT2D eigenvalue weighted by atomic mass is 10.1. The first-order chi connectivity index (χ1) is 15.1. The minimum Gasteiger partial charge on any atom is -0.492 e. The van der Waals surface area contributed by atoms with Gasteiger partial charge in [-0.2, -0.15) is 0 Å². The van der Waals surface area contributed by atoms with Crippen LogP contribution in [0.4, 0.5) is 11.4 Å². The van der Waals surface area contributed by atoms with Crippen LogP contribution in [-0.4, -0.2) is 49.6 Å². The highest BCUT2D eigenvalue weighted by molar-refractivity contribution is 6.05. The van der Waals surface area contributed by atoms with Gasteiger partial charge in [0.25, 0.3) is 5.91 Å². The Kier molecular flexibility index (Phi) is 8.29. The Hall–Kier alpha value is -3.06. The molecule has 2 aromatic carbocycles. The summed E-state index contributed by atoms with van der Waals surface area (Å²) >= 11 is 0. The average molecular weight is 426 g/mol. The van der Waals surface area contributed by atoms with Gasteiger partial charge in [0, 0.05) is 17.7 Å². The van der Waals surface area contributed by atoms with E-state index in [0.717, 1.165) is 25.9 Å². The molecule has 0 unspecified atom stereocenters. The van der Waals surface area contributed by atoms with Gasteiger partial charge in [-0.15, -0.1) is 0 Å². The summed E-state index contributed by atoms with van der Waals surface area (Å²) in [4.78, 5) is 27.4. The van der Waals surface area contributed by atoms with E-state index in [-0.39, 0.29) is 11.8 Å². The molecule has 31 heavy (non-hydrogen) atoms. The van der Waals surface area contributed by atoms with Crippen LogP contribution >= 0.6 is 0 Å². The first kappa shape index (κ1) is 22.6. The number of ether oxygens (including phenoxy) is 2. The molecular formula is C24H31N3O4. The number of rotatable bonds is 9. The number of hydrogen-bond donors (Lipinski definition) is 2. The molecule has 0 radical (unpaired) electrons. The maximum atomic E-state index is 12.6. The largest absolute Gasteiger partial charge is 0.492 e.